The van der Waals surface area contributed by atoms with Gasteiger partial charge < -0.3 is 19.9 Å². The zero-order valence-electron chi connectivity index (χ0n) is 16.9. The normalized spacial score (nSPS) is 14.7. The number of nitrogens with zero attached hydrogens (tertiary/aromatic N) is 4. The molecule has 0 aromatic carbocycles. The molecule has 3 heterocycles. The molecule has 13 heteroatoms. The zero-order valence-corrected chi connectivity index (χ0v) is 17.7. The highest BCUT2D eigenvalue weighted by Gasteiger charge is 2.37. The van der Waals surface area contributed by atoms with Crippen molar-refractivity contribution in [2.24, 2.45) is 0 Å². The van der Waals surface area contributed by atoms with Crippen LogP contribution in [-0.2, 0) is 15.7 Å². The molecule has 1 saturated heterocycles. The summed E-state index contributed by atoms with van der Waals surface area (Å²) in [5.41, 5.74) is -3.05. The van der Waals surface area contributed by atoms with Gasteiger partial charge in [-0.25, -0.2) is 10.1 Å². The van der Waals surface area contributed by atoms with Crippen molar-refractivity contribution in [3.8, 4) is 0 Å². The SMILES string of the molecule is Cc1cnc(N2CCN(C(=O)CCOCCNc3cn[nH]c(=O)c3C(F)(F)F)CC2)s1. The van der Waals surface area contributed by atoms with Gasteiger partial charge in [-0.05, 0) is 6.92 Å². The van der Waals surface area contributed by atoms with Crippen molar-refractivity contribution < 1.29 is 22.7 Å². The van der Waals surface area contributed by atoms with E-state index in [1.165, 1.54) is 0 Å². The number of thiazole rings is 1. The smallest absolute Gasteiger partial charge is 0.381 e. The lowest BCUT2D eigenvalue weighted by Gasteiger charge is -2.34. The first kappa shape index (κ1) is 23.0. The Balaban J connectivity index is 1.34. The minimum Gasteiger partial charge on any atom is -0.381 e. The number of rotatable bonds is 8. The van der Waals surface area contributed by atoms with Crippen molar-refractivity contribution in [1.82, 2.24) is 20.1 Å². The molecule has 0 aliphatic carbocycles. The number of carbonyl (C=O) groups is 1. The highest BCUT2D eigenvalue weighted by Crippen LogP contribution is 2.31. The van der Waals surface area contributed by atoms with Gasteiger partial charge in [-0.2, -0.15) is 18.3 Å². The van der Waals surface area contributed by atoms with E-state index >= 15 is 0 Å². The average molecular weight is 460 g/mol. The molecule has 1 aliphatic heterocycles. The average Bonchev–Trinajstić information content (AvgIpc) is 3.16. The molecule has 2 aromatic heterocycles. The van der Waals surface area contributed by atoms with Gasteiger partial charge in [0.15, 0.2) is 5.13 Å². The van der Waals surface area contributed by atoms with Crippen molar-refractivity contribution >= 4 is 28.1 Å². The van der Waals surface area contributed by atoms with Crippen LogP contribution in [0, 0.1) is 6.92 Å². The van der Waals surface area contributed by atoms with Crippen molar-refractivity contribution in [3.05, 3.63) is 33.2 Å². The van der Waals surface area contributed by atoms with Crippen LogP contribution in [0.2, 0.25) is 0 Å². The topological polar surface area (TPSA) is 103 Å². The number of piperazine rings is 1. The molecule has 1 fully saturated rings. The van der Waals surface area contributed by atoms with Gasteiger partial charge in [0, 0.05) is 43.8 Å². The first-order chi connectivity index (χ1) is 14.8. The molecule has 1 amide bonds. The molecule has 0 atom stereocenters. The van der Waals surface area contributed by atoms with Crippen LogP contribution < -0.4 is 15.8 Å². The Kier molecular flexibility index (Phi) is 7.49. The van der Waals surface area contributed by atoms with Crippen LogP contribution in [-0.4, -0.2) is 71.9 Å². The minimum atomic E-state index is -4.80. The van der Waals surface area contributed by atoms with Crippen LogP contribution in [0.5, 0.6) is 0 Å². The summed E-state index contributed by atoms with van der Waals surface area (Å²) in [6.07, 6.45) is -1.87. The number of aromatic nitrogens is 3. The number of ether oxygens (including phenoxy) is 1. The number of hydrogen-bond acceptors (Lipinski definition) is 8. The Morgan fingerprint density at radius 3 is 2.65 bits per heavy atom. The Hall–Kier alpha value is -2.67. The van der Waals surface area contributed by atoms with Crippen LogP contribution in [0.25, 0.3) is 0 Å². The number of nitrogens with one attached hydrogen (secondary N) is 2. The fraction of sp³-hybridized carbons (Fsp3) is 0.556. The lowest BCUT2D eigenvalue weighted by Crippen LogP contribution is -2.49. The van der Waals surface area contributed by atoms with Gasteiger partial charge >= 0.3 is 6.18 Å². The summed E-state index contributed by atoms with van der Waals surface area (Å²) in [4.78, 5) is 33.1. The van der Waals surface area contributed by atoms with Crippen molar-refractivity contribution in [3.63, 3.8) is 0 Å². The van der Waals surface area contributed by atoms with Gasteiger partial charge in [0.05, 0.1) is 31.5 Å². The highest BCUT2D eigenvalue weighted by atomic mass is 32.1. The highest BCUT2D eigenvalue weighted by molar-refractivity contribution is 7.15. The number of anilines is 2. The number of aromatic amines is 1. The van der Waals surface area contributed by atoms with E-state index in [1.54, 1.807) is 21.3 Å². The maximum atomic E-state index is 13.0. The molecule has 0 radical (unpaired) electrons. The monoisotopic (exact) mass is 460 g/mol. The molecule has 170 valence electrons. The Morgan fingerprint density at radius 1 is 1.26 bits per heavy atom. The third-order valence-electron chi connectivity index (χ3n) is 4.67. The second-order valence-corrected chi connectivity index (χ2v) is 8.11. The summed E-state index contributed by atoms with van der Waals surface area (Å²) in [5, 5.41) is 8.61. The summed E-state index contributed by atoms with van der Waals surface area (Å²) < 4.78 is 44.2. The number of halogens is 3. The maximum Gasteiger partial charge on any atom is 0.423 e. The number of carbonyl (C=O) groups excluding carboxylic acids is 1. The van der Waals surface area contributed by atoms with Gasteiger partial charge in [0.1, 0.15) is 5.56 Å². The minimum absolute atomic E-state index is 0.0268. The second-order valence-electron chi connectivity index (χ2n) is 6.90. The quantitative estimate of drug-likeness (QED) is 0.578. The van der Waals surface area contributed by atoms with Crippen LogP contribution >= 0.6 is 11.3 Å². The molecular formula is C18H23F3N6O3S. The standard InChI is InChI=1S/C18H23F3N6O3S/c1-12-10-23-17(31-12)27-6-4-26(5-7-27)14(28)2-8-30-9-3-22-13-11-24-25-16(29)15(13)18(19,20)21/h10-11H,2-9H2,1H3,(H2,22,25,29). The molecule has 2 N–H and O–H groups in total. The summed E-state index contributed by atoms with van der Waals surface area (Å²) in [7, 11) is 0. The fourth-order valence-corrected chi connectivity index (χ4v) is 3.94. The third-order valence-corrected chi connectivity index (χ3v) is 5.65. The van der Waals surface area contributed by atoms with E-state index in [0.717, 1.165) is 29.3 Å². The molecule has 0 spiro atoms. The van der Waals surface area contributed by atoms with E-state index in [-0.39, 0.29) is 32.1 Å². The molecular weight excluding hydrogens is 437 g/mol. The van der Waals surface area contributed by atoms with Gasteiger partial charge in [0.25, 0.3) is 5.56 Å². The molecule has 0 bridgehead atoms. The van der Waals surface area contributed by atoms with Gasteiger partial charge in [0.2, 0.25) is 5.91 Å². The fourth-order valence-electron chi connectivity index (χ4n) is 3.13. The molecule has 3 rings (SSSR count). The number of H-pyrrole nitrogens is 1. The van der Waals surface area contributed by atoms with Gasteiger partial charge in [-0.1, -0.05) is 0 Å². The van der Waals surface area contributed by atoms with E-state index in [1.807, 2.05) is 13.1 Å². The molecule has 31 heavy (non-hydrogen) atoms. The molecule has 0 unspecified atom stereocenters. The Bertz CT molecular complexity index is 940. The summed E-state index contributed by atoms with van der Waals surface area (Å²) in [5.74, 6) is -0.0268. The third kappa shape index (κ3) is 6.17. The summed E-state index contributed by atoms with van der Waals surface area (Å²) in [6, 6.07) is 0. The van der Waals surface area contributed by atoms with Crippen molar-refractivity contribution in [2.75, 3.05) is 56.2 Å². The lowest BCUT2D eigenvalue weighted by atomic mass is 10.2. The number of amides is 1. The lowest BCUT2D eigenvalue weighted by molar-refractivity contribution is -0.138. The number of alkyl halides is 3. The van der Waals surface area contributed by atoms with Crippen molar-refractivity contribution in [1.29, 1.82) is 0 Å². The molecule has 9 nitrogen and oxygen atoms in total. The van der Waals surface area contributed by atoms with E-state index in [9.17, 15) is 22.8 Å². The maximum absolute atomic E-state index is 13.0. The van der Waals surface area contributed by atoms with Crippen molar-refractivity contribution in [2.45, 2.75) is 19.5 Å². The number of aryl methyl sites for hydroxylation is 1. The second kappa shape index (κ2) is 10.1. The van der Waals surface area contributed by atoms with E-state index in [0.29, 0.717) is 13.1 Å². The van der Waals surface area contributed by atoms with Gasteiger partial charge in [-0.15, -0.1) is 11.3 Å². The molecule has 1 aliphatic rings. The zero-order chi connectivity index (χ0) is 22.4. The first-order valence-corrected chi connectivity index (χ1v) is 10.5. The van der Waals surface area contributed by atoms with E-state index in [2.05, 4.69) is 20.3 Å². The van der Waals surface area contributed by atoms with E-state index < -0.39 is 23.0 Å². The molecule has 0 saturated carbocycles. The summed E-state index contributed by atoms with van der Waals surface area (Å²) >= 11 is 1.63. The van der Waals surface area contributed by atoms with Crippen LogP contribution in [0.15, 0.2) is 17.2 Å². The van der Waals surface area contributed by atoms with Crippen LogP contribution in [0.3, 0.4) is 0 Å². The number of hydrogen-bond donors (Lipinski definition) is 2. The van der Waals surface area contributed by atoms with Crippen LogP contribution in [0.1, 0.15) is 16.9 Å². The largest absolute Gasteiger partial charge is 0.423 e. The van der Waals surface area contributed by atoms with E-state index in [4.69, 9.17) is 4.74 Å². The predicted octanol–water partition coefficient (Wildman–Crippen LogP) is 1.72. The Labute approximate surface area is 180 Å². The van der Waals surface area contributed by atoms with Crippen LogP contribution in [0.4, 0.5) is 24.0 Å². The van der Waals surface area contributed by atoms with Gasteiger partial charge in [-0.3, -0.25) is 9.59 Å². The first-order valence-electron chi connectivity index (χ1n) is 9.67. The molecule has 2 aromatic rings. The Morgan fingerprint density at radius 2 is 2.00 bits per heavy atom. The summed E-state index contributed by atoms with van der Waals surface area (Å²) in [6.45, 7) is 4.92. The predicted molar refractivity (Wildman–Crippen MR) is 109 cm³/mol.